The Bertz CT molecular complexity index is 1180. The van der Waals surface area contributed by atoms with Crippen LogP contribution >= 0.6 is 11.3 Å². The van der Waals surface area contributed by atoms with Crippen molar-refractivity contribution in [1.82, 2.24) is 19.5 Å². The summed E-state index contributed by atoms with van der Waals surface area (Å²) in [5.74, 6) is 3.18. The van der Waals surface area contributed by atoms with Crippen LogP contribution in [0.2, 0.25) is 0 Å². The number of fused-ring (bicyclic) bond motifs is 3. The van der Waals surface area contributed by atoms with Gasteiger partial charge in [-0.1, -0.05) is 0 Å². The summed E-state index contributed by atoms with van der Waals surface area (Å²) in [6.07, 6.45) is 7.95. The van der Waals surface area contributed by atoms with Crippen molar-refractivity contribution in [2.24, 2.45) is 23.2 Å². The topological polar surface area (TPSA) is 68.4 Å². The molecule has 30 heavy (non-hydrogen) atoms. The minimum Gasteiger partial charge on any atom is -0.351 e. The Balaban J connectivity index is 1.24. The maximum atomic E-state index is 13.0. The third kappa shape index (κ3) is 2.70. The first-order valence-corrected chi connectivity index (χ1v) is 12.1. The summed E-state index contributed by atoms with van der Waals surface area (Å²) in [7, 11) is 0. The highest BCUT2D eigenvalue weighted by Crippen LogP contribution is 2.61. The van der Waals surface area contributed by atoms with Gasteiger partial charge in [0, 0.05) is 6.04 Å². The summed E-state index contributed by atoms with van der Waals surface area (Å²) >= 11 is 1.61. The van der Waals surface area contributed by atoms with E-state index in [0.29, 0.717) is 5.52 Å². The van der Waals surface area contributed by atoms with Gasteiger partial charge in [-0.3, -0.25) is 14.0 Å². The van der Waals surface area contributed by atoms with Gasteiger partial charge in [0.1, 0.15) is 17.9 Å². The molecule has 4 saturated carbocycles. The van der Waals surface area contributed by atoms with E-state index in [9.17, 15) is 9.59 Å². The van der Waals surface area contributed by atoms with Crippen molar-refractivity contribution in [2.75, 3.05) is 0 Å². The Morgan fingerprint density at radius 3 is 2.57 bits per heavy atom. The molecule has 0 saturated heterocycles. The number of nitrogens with one attached hydrogen (secondary N) is 1. The summed E-state index contributed by atoms with van der Waals surface area (Å²) in [5, 5.41) is 9.73. The summed E-state index contributed by atoms with van der Waals surface area (Å²) < 4.78 is 4.28. The SMILES string of the molecule is Cc1nn(CC(=O)NC(C)C23CC4CC(CC(C4)C2)C3)c(=O)c2cc3sccc3n12. The molecule has 0 radical (unpaired) electrons. The minimum absolute atomic E-state index is 0.0221. The number of amides is 1. The standard InChI is InChI=1S/C23H28N4O2S/c1-13(23-9-15-5-16(10-23)7-17(6-15)11-23)24-21(28)12-26-22(29)19-8-20-18(3-4-30-20)27(19)14(2)25-26/h3-4,8,13,15-17H,5-7,9-12H2,1-2H3,(H,24,28). The molecule has 1 N–H and O–H groups in total. The Morgan fingerprint density at radius 1 is 1.23 bits per heavy atom. The van der Waals surface area contributed by atoms with Gasteiger partial charge >= 0.3 is 0 Å². The van der Waals surface area contributed by atoms with Crippen LogP contribution < -0.4 is 10.9 Å². The molecule has 3 aromatic heterocycles. The largest absolute Gasteiger partial charge is 0.351 e. The lowest BCUT2D eigenvalue weighted by Gasteiger charge is -2.59. The van der Waals surface area contributed by atoms with Gasteiger partial charge in [-0.15, -0.1) is 11.3 Å². The summed E-state index contributed by atoms with van der Waals surface area (Å²) in [6.45, 7) is 4.04. The second-order valence-electron chi connectivity index (χ2n) is 10.1. The van der Waals surface area contributed by atoms with E-state index >= 15 is 0 Å². The van der Waals surface area contributed by atoms with Gasteiger partial charge in [-0.05, 0) is 93.1 Å². The fraction of sp³-hybridized carbons (Fsp3) is 0.609. The lowest BCUT2D eigenvalue weighted by Crippen LogP contribution is -2.56. The highest BCUT2D eigenvalue weighted by Gasteiger charge is 2.53. The van der Waals surface area contributed by atoms with Crippen LogP contribution in [0.4, 0.5) is 0 Å². The maximum Gasteiger partial charge on any atom is 0.291 e. The van der Waals surface area contributed by atoms with E-state index < -0.39 is 0 Å². The van der Waals surface area contributed by atoms with Crippen molar-refractivity contribution in [3.63, 3.8) is 0 Å². The second-order valence-corrected chi connectivity index (χ2v) is 11.1. The van der Waals surface area contributed by atoms with Crippen LogP contribution in [0.25, 0.3) is 15.7 Å². The molecule has 4 fully saturated rings. The van der Waals surface area contributed by atoms with Gasteiger partial charge in [-0.2, -0.15) is 5.10 Å². The van der Waals surface area contributed by atoms with Crippen LogP contribution in [-0.4, -0.2) is 26.1 Å². The molecule has 0 aromatic carbocycles. The maximum absolute atomic E-state index is 13.0. The molecule has 1 unspecified atom stereocenters. The first-order chi connectivity index (χ1) is 14.4. The quantitative estimate of drug-likeness (QED) is 0.694. The highest BCUT2D eigenvalue weighted by atomic mass is 32.1. The van der Waals surface area contributed by atoms with Crippen molar-refractivity contribution in [3.8, 4) is 0 Å². The average molecular weight is 425 g/mol. The van der Waals surface area contributed by atoms with E-state index in [1.54, 1.807) is 11.3 Å². The molecule has 158 valence electrons. The molecular formula is C23H28N4O2S. The van der Waals surface area contributed by atoms with Crippen LogP contribution in [0, 0.1) is 30.1 Å². The number of aryl methyl sites for hydroxylation is 1. The van der Waals surface area contributed by atoms with Crippen LogP contribution in [-0.2, 0) is 11.3 Å². The van der Waals surface area contributed by atoms with Gasteiger partial charge < -0.3 is 5.32 Å². The monoisotopic (exact) mass is 424 g/mol. The predicted molar refractivity (Wildman–Crippen MR) is 118 cm³/mol. The van der Waals surface area contributed by atoms with Gasteiger partial charge in [0.2, 0.25) is 5.91 Å². The third-order valence-electron chi connectivity index (χ3n) is 8.14. The molecule has 4 bridgehead atoms. The van der Waals surface area contributed by atoms with Gasteiger partial charge in [-0.25, -0.2) is 4.68 Å². The van der Waals surface area contributed by atoms with Crippen LogP contribution in [0.15, 0.2) is 22.3 Å². The van der Waals surface area contributed by atoms with E-state index in [1.807, 2.05) is 28.8 Å². The summed E-state index contributed by atoms with van der Waals surface area (Å²) in [6, 6.07) is 4.06. The zero-order valence-electron chi connectivity index (χ0n) is 17.6. The Morgan fingerprint density at radius 2 is 1.90 bits per heavy atom. The second kappa shape index (κ2) is 6.42. The smallest absolute Gasteiger partial charge is 0.291 e. The first kappa shape index (κ1) is 18.6. The Kier molecular flexibility index (Phi) is 3.98. The van der Waals surface area contributed by atoms with Gasteiger partial charge in [0.25, 0.3) is 5.56 Å². The lowest BCUT2D eigenvalue weighted by atomic mass is 9.48. The molecule has 1 atom stereocenters. The molecule has 0 aliphatic heterocycles. The first-order valence-electron chi connectivity index (χ1n) is 11.2. The number of carbonyl (C=O) groups is 1. The molecule has 1 amide bonds. The van der Waals surface area contributed by atoms with E-state index in [1.165, 1.54) is 43.2 Å². The number of aromatic nitrogens is 3. The number of carbonyl (C=O) groups excluding carboxylic acids is 1. The summed E-state index contributed by atoms with van der Waals surface area (Å²) in [5.41, 5.74) is 1.64. The minimum atomic E-state index is -0.207. The number of hydrogen-bond donors (Lipinski definition) is 1. The van der Waals surface area contributed by atoms with Crippen molar-refractivity contribution >= 4 is 33.0 Å². The Labute approximate surface area is 179 Å². The van der Waals surface area contributed by atoms with Gasteiger partial charge in [0.05, 0.1) is 10.2 Å². The average Bonchev–Trinajstić information content (AvgIpc) is 3.26. The molecule has 3 aromatic rings. The zero-order valence-corrected chi connectivity index (χ0v) is 18.4. The van der Waals surface area contributed by atoms with E-state index in [-0.39, 0.29) is 29.5 Å². The fourth-order valence-corrected chi connectivity index (χ4v) is 8.02. The van der Waals surface area contributed by atoms with Crippen LogP contribution in [0.5, 0.6) is 0 Å². The fourth-order valence-electron chi connectivity index (χ4n) is 7.22. The number of rotatable bonds is 4. The Hall–Kier alpha value is -2.15. The zero-order chi connectivity index (χ0) is 20.6. The molecule has 4 aliphatic rings. The molecule has 7 rings (SSSR count). The van der Waals surface area contributed by atoms with Crippen LogP contribution in [0.3, 0.4) is 0 Å². The molecule has 6 nitrogen and oxygen atoms in total. The lowest BCUT2D eigenvalue weighted by molar-refractivity contribution is -0.126. The third-order valence-corrected chi connectivity index (χ3v) is 8.99. The van der Waals surface area contributed by atoms with Crippen molar-refractivity contribution in [1.29, 1.82) is 0 Å². The van der Waals surface area contributed by atoms with E-state index in [2.05, 4.69) is 17.3 Å². The number of thiophene rings is 1. The van der Waals surface area contributed by atoms with Crippen molar-refractivity contribution in [2.45, 2.75) is 65.0 Å². The van der Waals surface area contributed by atoms with Gasteiger partial charge in [0.15, 0.2) is 0 Å². The molecular weight excluding hydrogens is 396 g/mol. The van der Waals surface area contributed by atoms with Crippen LogP contribution in [0.1, 0.15) is 51.3 Å². The molecule has 7 heteroatoms. The van der Waals surface area contributed by atoms with E-state index in [0.717, 1.165) is 33.8 Å². The summed E-state index contributed by atoms with van der Waals surface area (Å²) in [4.78, 5) is 25.9. The predicted octanol–water partition coefficient (Wildman–Crippen LogP) is 3.74. The number of nitrogens with zero attached hydrogens (tertiary/aromatic N) is 3. The highest BCUT2D eigenvalue weighted by molar-refractivity contribution is 7.17. The normalized spacial score (nSPS) is 30.9. The molecule has 0 spiro atoms. The molecule has 4 aliphatic carbocycles. The molecule has 3 heterocycles. The van der Waals surface area contributed by atoms with E-state index in [4.69, 9.17) is 0 Å². The van der Waals surface area contributed by atoms with Crippen molar-refractivity contribution < 1.29 is 4.79 Å². The van der Waals surface area contributed by atoms with Crippen molar-refractivity contribution in [3.05, 3.63) is 33.7 Å². The number of hydrogen-bond acceptors (Lipinski definition) is 4.